The van der Waals surface area contributed by atoms with E-state index in [0.717, 1.165) is 11.4 Å². The van der Waals surface area contributed by atoms with Gasteiger partial charge >= 0.3 is 12.0 Å². The van der Waals surface area contributed by atoms with Crippen LogP contribution in [0.3, 0.4) is 0 Å². The fraction of sp³-hybridized carbons (Fsp3) is 0.385. The maximum Gasteiger partial charge on any atom is 0.321 e. The number of rotatable bonds is 3. The number of nitrogens with one attached hydrogen (secondary N) is 1. The molecule has 102 valence electrons. The molecule has 19 heavy (non-hydrogen) atoms. The fourth-order valence-corrected chi connectivity index (χ4v) is 1.96. The van der Waals surface area contributed by atoms with Gasteiger partial charge in [0.25, 0.3) is 0 Å². The number of carbonyl (C=O) groups excluding carboxylic acids is 1. The van der Waals surface area contributed by atoms with E-state index in [1.165, 1.54) is 4.90 Å². The average molecular weight is 263 g/mol. The van der Waals surface area contributed by atoms with Crippen LogP contribution in [0.25, 0.3) is 0 Å². The molecule has 1 aromatic rings. The summed E-state index contributed by atoms with van der Waals surface area (Å²) in [6.07, 6.45) is 0. The van der Waals surface area contributed by atoms with Crippen LogP contribution in [0, 0.1) is 5.92 Å². The van der Waals surface area contributed by atoms with Crippen molar-refractivity contribution in [3.63, 3.8) is 0 Å². The lowest BCUT2D eigenvalue weighted by molar-refractivity contribution is -0.145. The second kappa shape index (κ2) is 5.17. The molecule has 0 aliphatic carbocycles. The highest BCUT2D eigenvalue weighted by Gasteiger charge is 2.35. The van der Waals surface area contributed by atoms with Crippen LogP contribution >= 0.6 is 0 Å². The summed E-state index contributed by atoms with van der Waals surface area (Å²) in [6, 6.07) is 7.22. The van der Waals surface area contributed by atoms with Gasteiger partial charge in [0.05, 0.1) is 17.3 Å². The number of para-hydroxylation sites is 2. The van der Waals surface area contributed by atoms with Gasteiger partial charge < -0.3 is 20.2 Å². The number of hydrogen-bond donors (Lipinski definition) is 2. The Bertz CT molecular complexity index is 496. The third kappa shape index (κ3) is 2.78. The summed E-state index contributed by atoms with van der Waals surface area (Å²) >= 11 is 0. The van der Waals surface area contributed by atoms with Gasteiger partial charge in [0.1, 0.15) is 0 Å². The third-order valence-corrected chi connectivity index (χ3v) is 3.15. The highest BCUT2D eigenvalue weighted by atomic mass is 16.4. The van der Waals surface area contributed by atoms with Gasteiger partial charge in [-0.15, -0.1) is 0 Å². The van der Waals surface area contributed by atoms with Crippen LogP contribution in [0.2, 0.25) is 0 Å². The molecule has 0 atom stereocenters. The zero-order valence-corrected chi connectivity index (χ0v) is 11.0. The zero-order valence-electron chi connectivity index (χ0n) is 11.0. The lowest BCUT2D eigenvalue weighted by Crippen LogP contribution is -2.54. The first kappa shape index (κ1) is 13.2. The lowest BCUT2D eigenvalue weighted by Gasteiger charge is -2.36. The molecule has 0 spiro atoms. The number of anilines is 2. The van der Waals surface area contributed by atoms with Gasteiger partial charge in [-0.05, 0) is 12.1 Å². The SMILES string of the molecule is CN(C)c1ccccc1NC(=O)N1CC(C(=O)O)C1. The minimum absolute atomic E-state index is 0.258. The van der Waals surface area contributed by atoms with E-state index in [1.54, 1.807) is 0 Å². The van der Waals surface area contributed by atoms with E-state index in [2.05, 4.69) is 5.32 Å². The van der Waals surface area contributed by atoms with Crippen molar-refractivity contribution in [3.05, 3.63) is 24.3 Å². The van der Waals surface area contributed by atoms with E-state index in [9.17, 15) is 9.59 Å². The van der Waals surface area contributed by atoms with E-state index in [4.69, 9.17) is 5.11 Å². The number of carboxylic acids is 1. The second-order valence-electron chi connectivity index (χ2n) is 4.78. The van der Waals surface area contributed by atoms with Crippen LogP contribution in [0.1, 0.15) is 0 Å². The number of aliphatic carboxylic acids is 1. The fourth-order valence-electron chi connectivity index (χ4n) is 1.96. The average Bonchev–Trinajstić information content (AvgIpc) is 2.26. The van der Waals surface area contributed by atoms with Crippen LogP contribution in [0.4, 0.5) is 16.2 Å². The molecule has 0 bridgehead atoms. The number of benzene rings is 1. The predicted octanol–water partition coefficient (Wildman–Crippen LogP) is 1.30. The number of carbonyl (C=O) groups is 2. The van der Waals surface area contributed by atoms with Crippen molar-refractivity contribution in [1.82, 2.24) is 4.90 Å². The van der Waals surface area contributed by atoms with Gasteiger partial charge in [-0.1, -0.05) is 12.1 Å². The van der Waals surface area contributed by atoms with E-state index >= 15 is 0 Å². The minimum Gasteiger partial charge on any atom is -0.481 e. The Morgan fingerprint density at radius 1 is 1.32 bits per heavy atom. The molecule has 2 rings (SSSR count). The topological polar surface area (TPSA) is 72.9 Å². The van der Waals surface area contributed by atoms with Crippen LogP contribution in [-0.4, -0.2) is 49.2 Å². The molecule has 0 saturated carbocycles. The Hall–Kier alpha value is -2.24. The van der Waals surface area contributed by atoms with Gasteiger partial charge in [0, 0.05) is 27.2 Å². The summed E-state index contributed by atoms with van der Waals surface area (Å²) < 4.78 is 0. The van der Waals surface area contributed by atoms with Crippen molar-refractivity contribution < 1.29 is 14.7 Å². The van der Waals surface area contributed by atoms with Crippen LogP contribution in [0.15, 0.2) is 24.3 Å². The standard InChI is InChI=1S/C13H17N3O3/c1-15(2)11-6-4-3-5-10(11)14-13(19)16-7-9(8-16)12(17)18/h3-6,9H,7-8H2,1-2H3,(H,14,19)(H,17,18). The number of amides is 2. The predicted molar refractivity (Wildman–Crippen MR) is 72.5 cm³/mol. The number of carboxylic acid groups (broad SMARTS) is 1. The first-order chi connectivity index (χ1) is 8.99. The molecule has 0 unspecified atom stereocenters. The molecular formula is C13H17N3O3. The molecule has 1 aliphatic rings. The Kier molecular flexibility index (Phi) is 3.59. The smallest absolute Gasteiger partial charge is 0.321 e. The maximum absolute atomic E-state index is 11.9. The Morgan fingerprint density at radius 2 is 1.95 bits per heavy atom. The van der Waals surface area contributed by atoms with Crippen molar-refractivity contribution in [3.8, 4) is 0 Å². The van der Waals surface area contributed by atoms with Gasteiger partial charge in [-0.2, -0.15) is 0 Å². The molecule has 1 aromatic carbocycles. The van der Waals surface area contributed by atoms with Gasteiger partial charge in [0.2, 0.25) is 0 Å². The summed E-state index contributed by atoms with van der Waals surface area (Å²) in [5.74, 6) is -1.28. The molecular weight excluding hydrogens is 246 g/mol. The first-order valence-corrected chi connectivity index (χ1v) is 6.04. The molecule has 1 saturated heterocycles. The van der Waals surface area contributed by atoms with Crippen LogP contribution in [0.5, 0.6) is 0 Å². The Balaban J connectivity index is 1.99. The first-order valence-electron chi connectivity index (χ1n) is 6.04. The second-order valence-corrected chi connectivity index (χ2v) is 4.78. The van der Waals surface area contributed by atoms with Gasteiger partial charge in [0.15, 0.2) is 0 Å². The largest absolute Gasteiger partial charge is 0.481 e. The van der Waals surface area contributed by atoms with Crippen molar-refractivity contribution >= 4 is 23.4 Å². The monoisotopic (exact) mass is 263 g/mol. The Morgan fingerprint density at radius 3 is 2.53 bits per heavy atom. The minimum atomic E-state index is -0.849. The van der Waals surface area contributed by atoms with Crippen LogP contribution < -0.4 is 10.2 Å². The molecule has 6 heteroatoms. The van der Waals surface area contributed by atoms with E-state index in [-0.39, 0.29) is 19.1 Å². The Labute approximate surface area is 111 Å². The molecule has 6 nitrogen and oxygen atoms in total. The summed E-state index contributed by atoms with van der Waals surface area (Å²) in [5.41, 5.74) is 1.63. The molecule has 2 N–H and O–H groups in total. The summed E-state index contributed by atoms with van der Waals surface area (Å²) in [4.78, 5) is 26.0. The van der Waals surface area contributed by atoms with E-state index in [0.29, 0.717) is 0 Å². The zero-order chi connectivity index (χ0) is 14.0. The maximum atomic E-state index is 11.9. The summed E-state index contributed by atoms with van der Waals surface area (Å²) in [5, 5.41) is 11.6. The number of likely N-dealkylation sites (tertiary alicyclic amines) is 1. The third-order valence-electron chi connectivity index (χ3n) is 3.15. The molecule has 1 fully saturated rings. The lowest BCUT2D eigenvalue weighted by atomic mass is 10.0. The van der Waals surface area contributed by atoms with Gasteiger partial charge in [-0.3, -0.25) is 4.79 Å². The van der Waals surface area contributed by atoms with Crippen molar-refractivity contribution in [1.29, 1.82) is 0 Å². The number of hydrogen-bond acceptors (Lipinski definition) is 3. The number of nitrogens with zero attached hydrogens (tertiary/aromatic N) is 2. The quantitative estimate of drug-likeness (QED) is 0.862. The molecule has 1 heterocycles. The van der Waals surface area contributed by atoms with E-state index in [1.807, 2.05) is 43.3 Å². The molecule has 0 radical (unpaired) electrons. The highest BCUT2D eigenvalue weighted by molar-refractivity contribution is 5.94. The van der Waals surface area contributed by atoms with Crippen molar-refractivity contribution in [2.24, 2.45) is 5.92 Å². The molecule has 2 amide bonds. The van der Waals surface area contributed by atoms with Crippen LogP contribution in [-0.2, 0) is 4.79 Å². The van der Waals surface area contributed by atoms with Crippen molar-refractivity contribution in [2.45, 2.75) is 0 Å². The van der Waals surface area contributed by atoms with E-state index < -0.39 is 11.9 Å². The van der Waals surface area contributed by atoms with Gasteiger partial charge in [-0.25, -0.2) is 4.79 Å². The summed E-state index contributed by atoms with van der Waals surface area (Å²) in [6.45, 7) is 0.538. The normalized spacial score (nSPS) is 14.7. The molecule has 1 aliphatic heterocycles. The number of urea groups is 1. The molecule has 0 aromatic heterocycles. The highest BCUT2D eigenvalue weighted by Crippen LogP contribution is 2.25. The van der Waals surface area contributed by atoms with Crippen molar-refractivity contribution in [2.75, 3.05) is 37.4 Å². The summed E-state index contributed by atoms with van der Waals surface area (Å²) in [7, 11) is 3.80.